The topological polar surface area (TPSA) is 16.4 Å². The number of hydrogen-bond acceptors (Lipinski definition) is 2. The molecule has 0 bridgehead atoms. The van der Waals surface area contributed by atoms with E-state index in [1.807, 2.05) is 0 Å². The molecule has 1 aliphatic heterocycles. The van der Waals surface area contributed by atoms with Crippen LogP contribution in [0.5, 0.6) is 0 Å². The molecule has 0 unspecified atom stereocenters. The molecule has 4 heteroatoms. The second-order valence-corrected chi connectivity index (χ2v) is 18.3. The van der Waals surface area contributed by atoms with Crippen LogP contribution in [-0.2, 0) is 0 Å². The maximum absolute atomic E-state index is 6.54. The number of nitrogens with zero attached hydrogens (tertiary/aromatic N) is 1. The van der Waals surface area contributed by atoms with E-state index in [2.05, 4.69) is 50.9 Å². The fourth-order valence-electron chi connectivity index (χ4n) is 4.31. The molecule has 2 heterocycles. The van der Waals surface area contributed by atoms with Gasteiger partial charge in [-0.1, -0.05) is 58.4 Å². The molecule has 0 atom stereocenters. The van der Waals surface area contributed by atoms with Gasteiger partial charge in [-0.15, -0.1) is 0 Å². The maximum atomic E-state index is 6.54. The Kier molecular flexibility index (Phi) is 7.38. The van der Waals surface area contributed by atoms with Crippen molar-refractivity contribution in [3.63, 3.8) is 0 Å². The number of hydrogen-bond donors (Lipinski definition) is 0. The summed E-state index contributed by atoms with van der Waals surface area (Å²) in [6.45, 7) is 16.0. The van der Waals surface area contributed by atoms with Crippen molar-refractivity contribution in [3.8, 4) is 0 Å². The average Bonchev–Trinajstić information content (AvgIpc) is 3.09. The minimum absolute atomic E-state index is 1.29. The zero-order chi connectivity index (χ0) is 17.6. The lowest BCUT2D eigenvalue weighted by Gasteiger charge is -2.28. The van der Waals surface area contributed by atoms with E-state index in [9.17, 15) is 0 Å². The van der Waals surface area contributed by atoms with E-state index >= 15 is 0 Å². The minimum Gasteiger partial charge on any atom is -0.476 e. The number of piperidine rings is 1. The molecule has 0 amide bonds. The molecule has 2 rings (SSSR count). The molecule has 0 radical (unpaired) electrons. The largest absolute Gasteiger partial charge is 0.476 e. The molecule has 1 saturated heterocycles. The highest BCUT2D eigenvalue weighted by molar-refractivity contribution is 6.92. The van der Waals surface area contributed by atoms with Gasteiger partial charge in [0.05, 0.1) is 10.8 Å². The van der Waals surface area contributed by atoms with Crippen molar-refractivity contribution in [2.24, 2.45) is 0 Å². The second-order valence-electron chi connectivity index (χ2n) is 8.39. The smallest absolute Gasteiger partial charge is 0.131 e. The standard InChI is InChI=1S/C20H39NOSi2/c1-6-24(7-2,8-3)20-14-13-19(22-20)23(4,5)18-12-17-21-15-10-9-11-16-21/h13-14H,6-12,15-18H2,1-5H3. The van der Waals surface area contributed by atoms with Crippen LogP contribution in [-0.4, -0.2) is 40.7 Å². The van der Waals surface area contributed by atoms with Gasteiger partial charge < -0.3 is 9.32 Å². The van der Waals surface area contributed by atoms with Gasteiger partial charge in [0.2, 0.25) is 0 Å². The van der Waals surface area contributed by atoms with Crippen LogP contribution in [0.15, 0.2) is 16.5 Å². The first kappa shape index (κ1) is 20.0. The van der Waals surface area contributed by atoms with Gasteiger partial charge in [0, 0.05) is 0 Å². The van der Waals surface area contributed by atoms with Crippen LogP contribution in [0.4, 0.5) is 0 Å². The van der Waals surface area contributed by atoms with Crippen LogP contribution >= 0.6 is 0 Å². The van der Waals surface area contributed by atoms with E-state index in [0.717, 1.165) is 0 Å². The van der Waals surface area contributed by atoms with Crippen LogP contribution in [0.3, 0.4) is 0 Å². The molecule has 1 aromatic heterocycles. The van der Waals surface area contributed by atoms with Crippen molar-refractivity contribution in [2.75, 3.05) is 19.6 Å². The Morgan fingerprint density at radius 3 is 2.08 bits per heavy atom. The zero-order valence-corrected chi connectivity index (χ0v) is 18.8. The molecule has 2 nitrogen and oxygen atoms in total. The lowest BCUT2D eigenvalue weighted by Crippen LogP contribution is -2.47. The van der Waals surface area contributed by atoms with E-state index in [-0.39, 0.29) is 0 Å². The fraction of sp³-hybridized carbons (Fsp3) is 0.800. The first-order valence-electron chi connectivity index (χ1n) is 10.3. The summed E-state index contributed by atoms with van der Waals surface area (Å²) in [7, 11) is -2.79. The summed E-state index contributed by atoms with van der Waals surface area (Å²) in [5.74, 6) is 0. The molecule has 138 valence electrons. The molecule has 0 saturated carbocycles. The van der Waals surface area contributed by atoms with Crippen molar-refractivity contribution < 1.29 is 4.42 Å². The summed E-state index contributed by atoms with van der Waals surface area (Å²) >= 11 is 0. The molecule has 1 fully saturated rings. The van der Waals surface area contributed by atoms with Crippen molar-refractivity contribution >= 4 is 26.9 Å². The maximum Gasteiger partial charge on any atom is 0.131 e. The number of rotatable bonds is 9. The van der Waals surface area contributed by atoms with E-state index in [4.69, 9.17) is 4.42 Å². The molecule has 0 N–H and O–H groups in total. The molecule has 0 aliphatic carbocycles. The number of furan rings is 1. The molecule has 0 spiro atoms. The Balaban J connectivity index is 1.96. The molecule has 24 heavy (non-hydrogen) atoms. The Morgan fingerprint density at radius 2 is 1.50 bits per heavy atom. The molecule has 1 aromatic rings. The van der Waals surface area contributed by atoms with Gasteiger partial charge in [0.1, 0.15) is 16.1 Å². The van der Waals surface area contributed by atoms with Crippen LogP contribution < -0.4 is 10.8 Å². The van der Waals surface area contributed by atoms with Crippen LogP contribution in [0.2, 0.25) is 37.3 Å². The van der Waals surface area contributed by atoms with Gasteiger partial charge >= 0.3 is 0 Å². The predicted octanol–water partition coefficient (Wildman–Crippen LogP) is 4.79. The van der Waals surface area contributed by atoms with Crippen molar-refractivity contribution in [1.29, 1.82) is 0 Å². The third-order valence-electron chi connectivity index (χ3n) is 6.55. The van der Waals surface area contributed by atoms with Gasteiger partial charge in [0.25, 0.3) is 0 Å². The van der Waals surface area contributed by atoms with E-state index in [1.54, 1.807) is 0 Å². The van der Waals surface area contributed by atoms with Gasteiger partial charge in [-0.25, -0.2) is 0 Å². The lowest BCUT2D eigenvalue weighted by molar-refractivity contribution is 0.229. The third-order valence-corrected chi connectivity index (χ3v) is 15.1. The highest BCUT2D eigenvalue weighted by Gasteiger charge is 2.35. The van der Waals surface area contributed by atoms with Gasteiger partial charge in [0.15, 0.2) is 0 Å². The Morgan fingerprint density at radius 1 is 0.917 bits per heavy atom. The highest BCUT2D eigenvalue weighted by Crippen LogP contribution is 2.21. The lowest BCUT2D eigenvalue weighted by atomic mass is 10.1. The van der Waals surface area contributed by atoms with Crippen LogP contribution in [0, 0.1) is 0 Å². The van der Waals surface area contributed by atoms with E-state index in [0.29, 0.717) is 0 Å². The van der Waals surface area contributed by atoms with Crippen LogP contribution in [0.25, 0.3) is 0 Å². The third kappa shape index (κ3) is 4.64. The quantitative estimate of drug-likeness (QED) is 0.585. The summed E-state index contributed by atoms with van der Waals surface area (Å²) < 4.78 is 6.54. The van der Waals surface area contributed by atoms with Crippen LogP contribution in [0.1, 0.15) is 46.5 Å². The van der Waals surface area contributed by atoms with Gasteiger partial charge in [-0.2, -0.15) is 0 Å². The Bertz CT molecular complexity index is 479. The monoisotopic (exact) mass is 365 g/mol. The molecular weight excluding hydrogens is 326 g/mol. The average molecular weight is 366 g/mol. The first-order valence-corrected chi connectivity index (χ1v) is 16.1. The number of likely N-dealkylation sites (tertiary alicyclic amines) is 1. The van der Waals surface area contributed by atoms with Crippen molar-refractivity contribution in [2.45, 2.75) is 83.7 Å². The van der Waals surface area contributed by atoms with Crippen molar-refractivity contribution in [1.82, 2.24) is 4.90 Å². The zero-order valence-electron chi connectivity index (χ0n) is 16.8. The Hall–Kier alpha value is -0.326. The highest BCUT2D eigenvalue weighted by atomic mass is 28.3. The second kappa shape index (κ2) is 8.86. The fourth-order valence-corrected chi connectivity index (χ4v) is 9.93. The summed E-state index contributed by atoms with van der Waals surface area (Å²) in [4.78, 5) is 2.67. The van der Waals surface area contributed by atoms with E-state index in [1.165, 1.54) is 80.3 Å². The van der Waals surface area contributed by atoms with Gasteiger partial charge in [-0.3, -0.25) is 0 Å². The molecule has 1 aliphatic rings. The first-order chi connectivity index (χ1) is 11.5. The normalized spacial score (nSPS) is 17.4. The minimum atomic E-state index is -1.43. The summed E-state index contributed by atoms with van der Waals surface area (Å²) in [6, 6.07) is 9.97. The molecular formula is C20H39NOSi2. The molecule has 0 aromatic carbocycles. The predicted molar refractivity (Wildman–Crippen MR) is 112 cm³/mol. The summed E-state index contributed by atoms with van der Waals surface area (Å²) in [5.41, 5.74) is 0. The van der Waals surface area contributed by atoms with Crippen molar-refractivity contribution in [3.05, 3.63) is 12.1 Å². The van der Waals surface area contributed by atoms with Gasteiger partial charge in [-0.05, 0) is 57.1 Å². The Labute approximate surface area is 152 Å². The summed E-state index contributed by atoms with van der Waals surface area (Å²) in [6.07, 6.45) is 5.58. The van der Waals surface area contributed by atoms with E-state index < -0.39 is 16.1 Å². The SMILES string of the molecule is CC[Si](CC)(CC)c1ccc([Si](C)(C)CCCN2CCCCC2)o1. The summed E-state index contributed by atoms with van der Waals surface area (Å²) in [5, 5.41) is 2.73.